The molecule has 1 saturated heterocycles. The van der Waals surface area contributed by atoms with E-state index in [1.54, 1.807) is 15.6 Å². The van der Waals surface area contributed by atoms with Gasteiger partial charge in [-0.15, -0.1) is 0 Å². The van der Waals surface area contributed by atoms with E-state index < -0.39 is 5.54 Å². The zero-order valence-corrected chi connectivity index (χ0v) is 22.9. The molecule has 2 N–H and O–H groups in total. The van der Waals surface area contributed by atoms with Crippen LogP contribution in [0.15, 0.2) is 6.07 Å². The van der Waals surface area contributed by atoms with E-state index in [-0.39, 0.29) is 36.0 Å². The first-order chi connectivity index (χ1) is 17.9. The first-order valence-corrected chi connectivity index (χ1v) is 14.3. The van der Waals surface area contributed by atoms with Gasteiger partial charge in [-0.1, -0.05) is 26.7 Å². The number of hydrogen-bond acceptors (Lipinski definition) is 6. The van der Waals surface area contributed by atoms with Crippen LogP contribution in [0.25, 0.3) is 0 Å². The van der Waals surface area contributed by atoms with Crippen LogP contribution in [-0.4, -0.2) is 106 Å². The first kappa shape index (κ1) is 27.6. The third kappa shape index (κ3) is 6.34. The predicted octanol–water partition coefficient (Wildman–Crippen LogP) is 1.71. The average Bonchev–Trinajstić information content (AvgIpc) is 3.55. The SMILES string of the molecule is CCCN1CCN(CCCNC(=O)c2cc3n(n2)C[C@](C)(C(=O)NC2CCCC2)N(CCC)C3=O)CC1. The minimum atomic E-state index is -1.04. The summed E-state index contributed by atoms with van der Waals surface area (Å²) >= 11 is 0. The summed E-state index contributed by atoms with van der Waals surface area (Å²) < 4.78 is 1.55. The van der Waals surface area contributed by atoms with E-state index in [0.29, 0.717) is 18.8 Å². The lowest BCUT2D eigenvalue weighted by molar-refractivity contribution is -0.133. The lowest BCUT2D eigenvalue weighted by Gasteiger charge is -2.43. The van der Waals surface area contributed by atoms with Gasteiger partial charge in [0, 0.05) is 51.4 Å². The van der Waals surface area contributed by atoms with E-state index in [0.717, 1.165) is 71.2 Å². The number of hydrogen-bond donors (Lipinski definition) is 2. The molecule has 3 aliphatic rings. The van der Waals surface area contributed by atoms with Gasteiger partial charge in [-0.05, 0) is 52.1 Å². The van der Waals surface area contributed by atoms with Gasteiger partial charge >= 0.3 is 0 Å². The van der Waals surface area contributed by atoms with Crippen molar-refractivity contribution >= 4 is 17.7 Å². The van der Waals surface area contributed by atoms with Crippen LogP contribution in [0.1, 0.15) is 86.7 Å². The van der Waals surface area contributed by atoms with Crippen LogP contribution in [0.5, 0.6) is 0 Å². The summed E-state index contributed by atoms with van der Waals surface area (Å²) in [4.78, 5) is 46.3. The summed E-state index contributed by atoms with van der Waals surface area (Å²) in [5.74, 6) is -0.656. The lowest BCUT2D eigenvalue weighted by Crippen LogP contribution is -2.65. The minimum Gasteiger partial charge on any atom is -0.351 e. The van der Waals surface area contributed by atoms with Gasteiger partial charge in [0.05, 0.1) is 6.54 Å². The van der Waals surface area contributed by atoms with E-state index in [4.69, 9.17) is 0 Å². The van der Waals surface area contributed by atoms with Crippen LogP contribution >= 0.6 is 0 Å². The van der Waals surface area contributed by atoms with Crippen LogP contribution in [0, 0.1) is 0 Å². The van der Waals surface area contributed by atoms with Crippen molar-refractivity contribution in [1.82, 2.24) is 35.1 Å². The van der Waals surface area contributed by atoms with Gasteiger partial charge in [0.2, 0.25) is 5.91 Å². The summed E-state index contributed by atoms with van der Waals surface area (Å²) in [6.07, 6.45) is 7.01. The molecule has 1 aromatic rings. The molecule has 10 heteroatoms. The Kier molecular flexibility index (Phi) is 9.23. The van der Waals surface area contributed by atoms with E-state index in [2.05, 4.69) is 32.5 Å². The van der Waals surface area contributed by atoms with E-state index >= 15 is 0 Å². The number of carbonyl (C=O) groups excluding carboxylic acids is 3. The number of nitrogens with one attached hydrogen (secondary N) is 2. The molecule has 206 valence electrons. The molecule has 3 amide bonds. The van der Waals surface area contributed by atoms with Gasteiger partial charge in [-0.25, -0.2) is 0 Å². The number of amides is 3. The van der Waals surface area contributed by atoms with E-state index in [1.165, 1.54) is 13.0 Å². The molecular weight excluding hydrogens is 470 g/mol. The monoisotopic (exact) mass is 515 g/mol. The van der Waals surface area contributed by atoms with Gasteiger partial charge in [0.25, 0.3) is 11.8 Å². The summed E-state index contributed by atoms with van der Waals surface area (Å²) in [6, 6.07) is 1.74. The first-order valence-electron chi connectivity index (χ1n) is 14.3. The molecule has 10 nitrogen and oxygen atoms in total. The third-order valence-corrected chi connectivity index (χ3v) is 8.10. The molecule has 37 heavy (non-hydrogen) atoms. The van der Waals surface area contributed by atoms with Gasteiger partial charge in [0.15, 0.2) is 5.69 Å². The van der Waals surface area contributed by atoms with Crippen LogP contribution in [0.3, 0.4) is 0 Å². The number of piperazine rings is 1. The van der Waals surface area contributed by atoms with Gasteiger partial charge in [0.1, 0.15) is 11.2 Å². The third-order valence-electron chi connectivity index (χ3n) is 8.10. The molecule has 1 aliphatic carbocycles. The Morgan fingerprint density at radius 2 is 1.68 bits per heavy atom. The molecule has 1 aromatic heterocycles. The lowest BCUT2D eigenvalue weighted by atomic mass is 9.94. The molecular formula is C27H45N7O3. The number of nitrogens with zero attached hydrogens (tertiary/aromatic N) is 5. The fraction of sp³-hybridized carbons (Fsp3) is 0.778. The minimum absolute atomic E-state index is 0.135. The van der Waals surface area contributed by atoms with Gasteiger partial charge < -0.3 is 25.3 Å². The molecule has 2 aliphatic heterocycles. The smallest absolute Gasteiger partial charge is 0.273 e. The van der Waals surface area contributed by atoms with E-state index in [9.17, 15) is 14.4 Å². The second-order valence-electron chi connectivity index (χ2n) is 11.1. The Morgan fingerprint density at radius 3 is 2.32 bits per heavy atom. The number of fused-ring (bicyclic) bond motifs is 1. The summed E-state index contributed by atoms with van der Waals surface area (Å²) in [5.41, 5.74) is -0.438. The maximum Gasteiger partial charge on any atom is 0.273 e. The standard InChI is InChI=1S/C27H45N7O3/c1-4-12-31-15-17-32(18-16-31)14-8-11-28-24(35)22-19-23-25(36)33(13-5-2)27(3,20-34(23)30-22)26(37)29-21-9-6-7-10-21/h19,21H,4-18,20H2,1-3H3,(H,28,35)(H,29,37)/t27-/m1/s1. The Morgan fingerprint density at radius 1 is 1.03 bits per heavy atom. The van der Waals surface area contributed by atoms with Crippen LogP contribution in [0.4, 0.5) is 0 Å². The average molecular weight is 516 g/mol. The number of rotatable bonds is 11. The van der Waals surface area contributed by atoms with Crippen molar-refractivity contribution < 1.29 is 14.4 Å². The fourth-order valence-electron chi connectivity index (χ4n) is 5.88. The molecule has 4 rings (SSSR count). The molecule has 0 unspecified atom stereocenters. The van der Waals surface area contributed by atoms with Crippen molar-refractivity contribution in [2.24, 2.45) is 0 Å². The van der Waals surface area contributed by atoms with Crippen molar-refractivity contribution in [2.45, 2.75) is 83.8 Å². The quantitative estimate of drug-likeness (QED) is 0.435. The Balaban J connectivity index is 1.33. The van der Waals surface area contributed by atoms with Crippen LogP contribution in [-0.2, 0) is 11.3 Å². The topological polar surface area (TPSA) is 103 Å². The molecule has 0 aromatic carbocycles. The summed E-state index contributed by atoms with van der Waals surface area (Å²) in [6.45, 7) is 13.8. The summed E-state index contributed by atoms with van der Waals surface area (Å²) in [7, 11) is 0. The highest BCUT2D eigenvalue weighted by Crippen LogP contribution is 2.29. The van der Waals surface area contributed by atoms with E-state index in [1.807, 2.05) is 13.8 Å². The Hall–Kier alpha value is -2.46. The van der Waals surface area contributed by atoms with Crippen molar-refractivity contribution in [1.29, 1.82) is 0 Å². The molecule has 1 atom stereocenters. The van der Waals surface area contributed by atoms with Crippen molar-refractivity contribution in [3.8, 4) is 0 Å². The second kappa shape index (κ2) is 12.4. The van der Waals surface area contributed by atoms with Crippen molar-refractivity contribution in [2.75, 3.05) is 52.4 Å². The fourth-order valence-corrected chi connectivity index (χ4v) is 5.88. The predicted molar refractivity (Wildman–Crippen MR) is 142 cm³/mol. The van der Waals surface area contributed by atoms with Gasteiger partial charge in [-0.2, -0.15) is 5.10 Å². The largest absolute Gasteiger partial charge is 0.351 e. The maximum absolute atomic E-state index is 13.4. The van der Waals surface area contributed by atoms with Crippen molar-refractivity contribution in [3.63, 3.8) is 0 Å². The zero-order valence-electron chi connectivity index (χ0n) is 22.9. The normalized spacial score (nSPS) is 23.3. The van der Waals surface area contributed by atoms with Gasteiger partial charge in [-0.3, -0.25) is 19.1 Å². The maximum atomic E-state index is 13.4. The summed E-state index contributed by atoms with van der Waals surface area (Å²) in [5, 5.41) is 10.6. The molecule has 1 saturated carbocycles. The Labute approximate surface area is 221 Å². The molecule has 3 heterocycles. The Bertz CT molecular complexity index is 950. The molecule has 0 radical (unpaired) electrons. The van der Waals surface area contributed by atoms with Crippen molar-refractivity contribution in [3.05, 3.63) is 17.5 Å². The van der Waals surface area contributed by atoms with Crippen LogP contribution in [0.2, 0.25) is 0 Å². The highest BCUT2D eigenvalue weighted by molar-refractivity contribution is 6.01. The number of carbonyl (C=O) groups is 3. The number of aromatic nitrogens is 2. The van der Waals surface area contributed by atoms with Crippen LogP contribution < -0.4 is 10.6 Å². The highest BCUT2D eigenvalue weighted by atomic mass is 16.2. The molecule has 2 fully saturated rings. The molecule has 0 spiro atoms. The highest BCUT2D eigenvalue weighted by Gasteiger charge is 2.48. The molecule has 0 bridgehead atoms. The second-order valence-corrected chi connectivity index (χ2v) is 11.1. The zero-order chi connectivity index (χ0) is 26.4.